The first-order chi connectivity index (χ1) is 16.1. The Morgan fingerprint density at radius 1 is 1.03 bits per heavy atom. The van der Waals surface area contributed by atoms with Gasteiger partial charge in [-0.25, -0.2) is 4.39 Å². The fourth-order valence-corrected chi connectivity index (χ4v) is 3.90. The van der Waals surface area contributed by atoms with Crippen LogP contribution in [0, 0.1) is 5.82 Å². The summed E-state index contributed by atoms with van der Waals surface area (Å²) in [6.45, 7) is 10.2. The van der Waals surface area contributed by atoms with E-state index in [-0.39, 0.29) is 17.8 Å². The number of rotatable bonds is 9. The molecule has 0 spiro atoms. The van der Waals surface area contributed by atoms with Gasteiger partial charge in [0.1, 0.15) is 23.9 Å². The van der Waals surface area contributed by atoms with E-state index in [9.17, 15) is 14.3 Å². The summed E-state index contributed by atoms with van der Waals surface area (Å²) in [4.78, 5) is 11.5. The predicted octanol–water partition coefficient (Wildman–Crippen LogP) is 7.12. The van der Waals surface area contributed by atoms with Crippen molar-refractivity contribution in [2.75, 3.05) is 7.11 Å². The molecule has 0 fully saturated rings. The quantitative estimate of drug-likeness (QED) is 0.344. The zero-order chi connectivity index (χ0) is 24.9. The highest BCUT2D eigenvalue weighted by Gasteiger charge is 2.22. The van der Waals surface area contributed by atoms with Crippen molar-refractivity contribution in [3.05, 3.63) is 95.8 Å². The monoisotopic (exact) mass is 462 g/mol. The molecule has 0 aliphatic heterocycles. The van der Waals surface area contributed by atoms with Crippen LogP contribution in [0.1, 0.15) is 49.8 Å². The third-order valence-electron chi connectivity index (χ3n) is 5.74. The van der Waals surface area contributed by atoms with Gasteiger partial charge in [-0.2, -0.15) is 0 Å². The average Bonchev–Trinajstić information content (AvgIpc) is 2.81. The minimum absolute atomic E-state index is 0.188. The smallest absolute Gasteiger partial charge is 0.311 e. The standard InChI is InChI=1S/C29H31FO4/c1-6-7-23(28(31)32)20-9-11-21(12-10-20)34-18-19-8-14-26(29(2,3)4)24(16-19)25-17-22(33-5)13-15-27(25)30/h6,8-17,23H,1,7,18H2,2-5H3,(H,31,32). The lowest BCUT2D eigenvalue weighted by Gasteiger charge is -2.24. The van der Waals surface area contributed by atoms with Gasteiger partial charge >= 0.3 is 5.97 Å². The van der Waals surface area contributed by atoms with Crippen LogP contribution in [0.25, 0.3) is 11.1 Å². The van der Waals surface area contributed by atoms with Gasteiger partial charge < -0.3 is 14.6 Å². The summed E-state index contributed by atoms with van der Waals surface area (Å²) in [5, 5.41) is 9.42. The molecule has 1 atom stereocenters. The van der Waals surface area contributed by atoms with E-state index in [1.165, 1.54) is 6.07 Å². The first-order valence-corrected chi connectivity index (χ1v) is 11.2. The second-order valence-corrected chi connectivity index (χ2v) is 9.25. The van der Waals surface area contributed by atoms with Crippen molar-refractivity contribution >= 4 is 5.97 Å². The zero-order valence-electron chi connectivity index (χ0n) is 20.1. The number of ether oxygens (including phenoxy) is 2. The van der Waals surface area contributed by atoms with Gasteiger partial charge in [-0.3, -0.25) is 4.79 Å². The number of hydrogen-bond donors (Lipinski definition) is 1. The van der Waals surface area contributed by atoms with Gasteiger partial charge in [-0.15, -0.1) is 6.58 Å². The van der Waals surface area contributed by atoms with E-state index in [1.54, 1.807) is 49.6 Å². The molecule has 3 rings (SSSR count). The molecule has 5 heteroatoms. The van der Waals surface area contributed by atoms with Crippen molar-refractivity contribution in [1.29, 1.82) is 0 Å². The molecule has 0 radical (unpaired) electrons. The van der Waals surface area contributed by atoms with Crippen LogP contribution in [0.2, 0.25) is 0 Å². The van der Waals surface area contributed by atoms with Crippen molar-refractivity contribution < 1.29 is 23.8 Å². The minimum atomic E-state index is -0.884. The number of hydrogen-bond acceptors (Lipinski definition) is 3. The molecule has 0 amide bonds. The maximum absolute atomic E-state index is 14.8. The SMILES string of the molecule is C=CCC(C(=O)O)c1ccc(OCc2ccc(C(C)(C)C)c(-c3cc(OC)ccc3F)c2)cc1. The summed E-state index contributed by atoms with van der Waals surface area (Å²) in [5.41, 5.74) is 3.71. The second kappa shape index (κ2) is 10.6. The van der Waals surface area contributed by atoms with E-state index in [1.807, 2.05) is 18.2 Å². The summed E-state index contributed by atoms with van der Waals surface area (Å²) in [6.07, 6.45) is 1.96. The van der Waals surface area contributed by atoms with E-state index in [0.717, 1.165) is 16.7 Å². The highest BCUT2D eigenvalue weighted by Crippen LogP contribution is 2.37. The van der Waals surface area contributed by atoms with Gasteiger partial charge in [-0.1, -0.05) is 51.1 Å². The molecule has 0 saturated carbocycles. The third-order valence-corrected chi connectivity index (χ3v) is 5.74. The first kappa shape index (κ1) is 25.0. The largest absolute Gasteiger partial charge is 0.497 e. The molecule has 0 heterocycles. The van der Waals surface area contributed by atoms with Gasteiger partial charge in [-0.05, 0) is 70.5 Å². The molecule has 3 aromatic carbocycles. The molecular weight excluding hydrogens is 431 g/mol. The molecule has 34 heavy (non-hydrogen) atoms. The third kappa shape index (κ3) is 5.84. The van der Waals surface area contributed by atoms with Crippen molar-refractivity contribution in [3.8, 4) is 22.6 Å². The van der Waals surface area contributed by atoms with Crippen LogP contribution in [-0.2, 0) is 16.8 Å². The maximum Gasteiger partial charge on any atom is 0.311 e. The Labute approximate surface area is 200 Å². The number of benzene rings is 3. The van der Waals surface area contributed by atoms with Gasteiger partial charge in [0, 0.05) is 5.56 Å². The van der Waals surface area contributed by atoms with Gasteiger partial charge in [0.2, 0.25) is 0 Å². The van der Waals surface area contributed by atoms with Crippen LogP contribution in [0.5, 0.6) is 11.5 Å². The Bertz CT molecular complexity index is 1160. The van der Waals surface area contributed by atoms with E-state index >= 15 is 0 Å². The summed E-state index contributed by atoms with van der Waals surface area (Å²) < 4.78 is 26.1. The Kier molecular flexibility index (Phi) is 7.77. The Hall–Kier alpha value is -3.60. The van der Waals surface area contributed by atoms with Crippen molar-refractivity contribution in [2.24, 2.45) is 0 Å². The van der Waals surface area contributed by atoms with Crippen LogP contribution < -0.4 is 9.47 Å². The minimum Gasteiger partial charge on any atom is -0.497 e. The van der Waals surface area contributed by atoms with E-state index in [4.69, 9.17) is 9.47 Å². The molecule has 0 aliphatic carbocycles. The molecule has 0 saturated heterocycles. The number of carboxylic acid groups (broad SMARTS) is 1. The number of allylic oxidation sites excluding steroid dienone is 1. The fraction of sp³-hybridized carbons (Fsp3) is 0.276. The molecule has 1 N–H and O–H groups in total. The average molecular weight is 463 g/mol. The lowest BCUT2D eigenvalue weighted by atomic mass is 9.81. The number of methoxy groups -OCH3 is 1. The molecule has 0 aromatic heterocycles. The normalized spacial score (nSPS) is 12.1. The van der Waals surface area contributed by atoms with Crippen LogP contribution >= 0.6 is 0 Å². The first-order valence-electron chi connectivity index (χ1n) is 11.2. The van der Waals surface area contributed by atoms with E-state index in [2.05, 4.69) is 27.4 Å². The van der Waals surface area contributed by atoms with Crippen molar-refractivity contribution in [2.45, 2.75) is 45.1 Å². The maximum atomic E-state index is 14.8. The second-order valence-electron chi connectivity index (χ2n) is 9.25. The zero-order valence-corrected chi connectivity index (χ0v) is 20.1. The number of carbonyl (C=O) groups is 1. The summed E-state index contributed by atoms with van der Waals surface area (Å²) in [7, 11) is 1.56. The lowest BCUT2D eigenvalue weighted by molar-refractivity contribution is -0.138. The lowest BCUT2D eigenvalue weighted by Crippen LogP contribution is -2.13. The molecule has 0 bridgehead atoms. The number of aliphatic carboxylic acids is 1. The molecular formula is C29H31FO4. The van der Waals surface area contributed by atoms with Gasteiger partial charge in [0.15, 0.2) is 0 Å². The molecule has 1 unspecified atom stereocenters. The number of carboxylic acids is 1. The Morgan fingerprint density at radius 2 is 1.71 bits per heavy atom. The van der Waals surface area contributed by atoms with Crippen LogP contribution in [0.3, 0.4) is 0 Å². The van der Waals surface area contributed by atoms with Crippen LogP contribution in [-0.4, -0.2) is 18.2 Å². The summed E-state index contributed by atoms with van der Waals surface area (Å²) in [5.74, 6) is -0.608. The Balaban J connectivity index is 1.87. The van der Waals surface area contributed by atoms with Gasteiger partial charge in [0.05, 0.1) is 13.0 Å². The summed E-state index contributed by atoms with van der Waals surface area (Å²) >= 11 is 0. The van der Waals surface area contributed by atoms with E-state index in [0.29, 0.717) is 29.0 Å². The van der Waals surface area contributed by atoms with Gasteiger partial charge in [0.25, 0.3) is 0 Å². The highest BCUT2D eigenvalue weighted by atomic mass is 19.1. The van der Waals surface area contributed by atoms with Crippen molar-refractivity contribution in [1.82, 2.24) is 0 Å². The topological polar surface area (TPSA) is 55.8 Å². The molecule has 4 nitrogen and oxygen atoms in total. The van der Waals surface area contributed by atoms with E-state index < -0.39 is 11.9 Å². The van der Waals surface area contributed by atoms with Crippen LogP contribution in [0.15, 0.2) is 73.3 Å². The molecule has 3 aromatic rings. The fourth-order valence-electron chi connectivity index (χ4n) is 3.90. The van der Waals surface area contributed by atoms with Crippen LogP contribution in [0.4, 0.5) is 4.39 Å². The number of halogens is 1. The molecule has 0 aliphatic rings. The predicted molar refractivity (Wildman–Crippen MR) is 133 cm³/mol. The molecule has 178 valence electrons. The summed E-state index contributed by atoms with van der Waals surface area (Å²) in [6, 6.07) is 17.8. The highest BCUT2D eigenvalue weighted by molar-refractivity contribution is 5.76. The van der Waals surface area contributed by atoms with Crippen molar-refractivity contribution in [3.63, 3.8) is 0 Å². The Morgan fingerprint density at radius 3 is 2.29 bits per heavy atom.